The summed E-state index contributed by atoms with van der Waals surface area (Å²) in [5, 5.41) is 38.3. The lowest BCUT2D eigenvalue weighted by atomic mass is 9.90. The maximum Gasteiger partial charge on any atom is 0.303 e. The van der Waals surface area contributed by atoms with Gasteiger partial charge in [0.25, 0.3) is 0 Å². The van der Waals surface area contributed by atoms with Gasteiger partial charge in [0.2, 0.25) is 0 Å². The van der Waals surface area contributed by atoms with Crippen molar-refractivity contribution in [2.45, 2.75) is 63.8 Å². The molecule has 116 valence electrons. The third-order valence-corrected chi connectivity index (χ3v) is 3.99. The van der Waals surface area contributed by atoms with E-state index in [2.05, 4.69) is 6.92 Å². The Morgan fingerprint density at radius 3 is 2.60 bits per heavy atom. The minimum absolute atomic E-state index is 0.167. The summed E-state index contributed by atoms with van der Waals surface area (Å²) in [6.07, 6.45) is 4.97. The summed E-state index contributed by atoms with van der Waals surface area (Å²) < 4.78 is 0. The van der Waals surface area contributed by atoms with Gasteiger partial charge in [-0.05, 0) is 6.42 Å². The van der Waals surface area contributed by atoms with E-state index >= 15 is 0 Å². The van der Waals surface area contributed by atoms with E-state index in [4.69, 9.17) is 5.11 Å². The smallest absolute Gasteiger partial charge is 0.303 e. The molecule has 5 heteroatoms. The molecule has 0 spiro atoms. The molecule has 1 aliphatic carbocycles. The maximum atomic E-state index is 10.8. The van der Waals surface area contributed by atoms with Crippen LogP contribution in [-0.4, -0.2) is 44.7 Å². The predicted octanol–water partition coefficient (Wildman–Crippen LogP) is 1.32. The van der Waals surface area contributed by atoms with Crippen LogP contribution in [0.25, 0.3) is 0 Å². The fourth-order valence-corrected chi connectivity index (χ4v) is 2.82. The molecule has 5 nitrogen and oxygen atoms in total. The van der Waals surface area contributed by atoms with Crippen molar-refractivity contribution in [1.82, 2.24) is 0 Å². The number of carbonyl (C=O) groups is 1. The SMILES string of the molecule is CCCCCC(O)/C=C/C1C(O)CC(O)C1CC(=O)O. The second-order valence-electron chi connectivity index (χ2n) is 5.66. The highest BCUT2D eigenvalue weighted by molar-refractivity contribution is 5.67. The second-order valence-corrected chi connectivity index (χ2v) is 5.66. The van der Waals surface area contributed by atoms with E-state index in [9.17, 15) is 20.1 Å². The molecule has 0 bridgehead atoms. The Kier molecular flexibility index (Phi) is 7.19. The summed E-state index contributed by atoms with van der Waals surface area (Å²) in [5.74, 6) is -1.87. The zero-order chi connectivity index (χ0) is 15.1. The molecule has 5 atom stereocenters. The fraction of sp³-hybridized carbons (Fsp3) is 0.800. The van der Waals surface area contributed by atoms with Gasteiger partial charge in [-0.25, -0.2) is 0 Å². The fourth-order valence-electron chi connectivity index (χ4n) is 2.82. The van der Waals surface area contributed by atoms with Gasteiger partial charge in [-0.2, -0.15) is 0 Å². The first-order valence-electron chi connectivity index (χ1n) is 7.40. The van der Waals surface area contributed by atoms with Gasteiger partial charge in [0.15, 0.2) is 0 Å². The van der Waals surface area contributed by atoms with Gasteiger partial charge >= 0.3 is 5.97 Å². The molecule has 0 aromatic carbocycles. The van der Waals surface area contributed by atoms with Crippen molar-refractivity contribution in [3.63, 3.8) is 0 Å². The van der Waals surface area contributed by atoms with Crippen molar-refractivity contribution in [2.75, 3.05) is 0 Å². The van der Waals surface area contributed by atoms with E-state index in [1.54, 1.807) is 12.2 Å². The molecule has 0 aromatic heterocycles. The van der Waals surface area contributed by atoms with Crippen LogP contribution < -0.4 is 0 Å². The number of unbranched alkanes of at least 4 members (excludes halogenated alkanes) is 2. The maximum absolute atomic E-state index is 10.8. The number of hydrogen-bond donors (Lipinski definition) is 4. The Balaban J connectivity index is 2.55. The van der Waals surface area contributed by atoms with Crippen molar-refractivity contribution >= 4 is 5.97 Å². The average Bonchev–Trinajstić information content (AvgIpc) is 2.62. The molecule has 5 unspecified atom stereocenters. The molecule has 0 radical (unpaired) electrons. The number of carboxylic acids is 1. The molecule has 0 aromatic rings. The zero-order valence-corrected chi connectivity index (χ0v) is 12.0. The normalized spacial score (nSPS) is 31.8. The van der Waals surface area contributed by atoms with Crippen LogP contribution in [0.1, 0.15) is 45.4 Å². The van der Waals surface area contributed by atoms with Gasteiger partial charge < -0.3 is 20.4 Å². The van der Waals surface area contributed by atoms with Crippen molar-refractivity contribution in [1.29, 1.82) is 0 Å². The van der Waals surface area contributed by atoms with Crippen LogP contribution >= 0.6 is 0 Å². The van der Waals surface area contributed by atoms with E-state index in [1.165, 1.54) is 0 Å². The average molecular weight is 286 g/mol. The molecule has 0 aliphatic heterocycles. The van der Waals surface area contributed by atoms with Crippen LogP contribution in [0.3, 0.4) is 0 Å². The van der Waals surface area contributed by atoms with E-state index in [0.717, 1.165) is 19.3 Å². The summed E-state index contributed by atoms with van der Waals surface area (Å²) in [6, 6.07) is 0. The summed E-state index contributed by atoms with van der Waals surface area (Å²) >= 11 is 0. The molecular formula is C15H26O5. The molecular weight excluding hydrogens is 260 g/mol. The van der Waals surface area contributed by atoms with Crippen molar-refractivity contribution < 1.29 is 25.2 Å². The predicted molar refractivity (Wildman–Crippen MR) is 75.2 cm³/mol. The number of aliphatic carboxylic acids is 1. The zero-order valence-electron chi connectivity index (χ0n) is 12.0. The Bertz CT molecular complexity index is 328. The third kappa shape index (κ3) is 5.23. The molecule has 1 fully saturated rings. The summed E-state index contributed by atoms with van der Waals surface area (Å²) in [7, 11) is 0. The van der Waals surface area contributed by atoms with Crippen molar-refractivity contribution in [3.05, 3.63) is 12.2 Å². The van der Waals surface area contributed by atoms with E-state index in [1.807, 2.05) is 0 Å². The highest BCUT2D eigenvalue weighted by atomic mass is 16.4. The summed E-state index contributed by atoms with van der Waals surface area (Å²) in [4.78, 5) is 10.8. The highest BCUT2D eigenvalue weighted by Crippen LogP contribution is 2.36. The van der Waals surface area contributed by atoms with Crippen LogP contribution in [0.15, 0.2) is 12.2 Å². The topological polar surface area (TPSA) is 98.0 Å². The first-order chi connectivity index (χ1) is 9.45. The number of rotatable bonds is 8. The highest BCUT2D eigenvalue weighted by Gasteiger charge is 2.41. The van der Waals surface area contributed by atoms with Crippen LogP contribution in [0.5, 0.6) is 0 Å². The third-order valence-electron chi connectivity index (χ3n) is 3.99. The van der Waals surface area contributed by atoms with Crippen LogP contribution in [0.2, 0.25) is 0 Å². The Hall–Kier alpha value is -0.910. The molecule has 1 rings (SSSR count). The minimum Gasteiger partial charge on any atom is -0.481 e. The molecule has 0 heterocycles. The van der Waals surface area contributed by atoms with E-state index in [0.29, 0.717) is 6.42 Å². The van der Waals surface area contributed by atoms with Crippen molar-refractivity contribution in [3.8, 4) is 0 Å². The molecule has 1 saturated carbocycles. The lowest BCUT2D eigenvalue weighted by Crippen LogP contribution is -2.23. The lowest BCUT2D eigenvalue weighted by molar-refractivity contribution is -0.139. The van der Waals surface area contributed by atoms with Gasteiger partial charge in [-0.1, -0.05) is 38.3 Å². The first-order valence-corrected chi connectivity index (χ1v) is 7.40. The largest absolute Gasteiger partial charge is 0.481 e. The van der Waals surface area contributed by atoms with Crippen LogP contribution in [-0.2, 0) is 4.79 Å². The van der Waals surface area contributed by atoms with Gasteiger partial charge in [0.1, 0.15) is 0 Å². The first kappa shape index (κ1) is 17.1. The Labute approximate surface area is 119 Å². The van der Waals surface area contributed by atoms with Gasteiger partial charge in [-0.15, -0.1) is 0 Å². The summed E-state index contributed by atoms with van der Waals surface area (Å²) in [5.41, 5.74) is 0. The molecule has 0 saturated heterocycles. The number of carboxylic acid groups (broad SMARTS) is 1. The second kappa shape index (κ2) is 8.39. The quantitative estimate of drug-likeness (QED) is 0.398. The number of aliphatic hydroxyl groups is 3. The molecule has 1 aliphatic rings. The standard InChI is InChI=1S/C15H26O5/c1-2-3-4-5-10(16)6-7-11-12(8-15(19)20)14(18)9-13(11)17/h6-7,10-14,16-18H,2-5,8-9H2,1H3,(H,19,20)/b7-6+. The van der Waals surface area contributed by atoms with Gasteiger partial charge in [-0.3, -0.25) is 4.79 Å². The lowest BCUT2D eigenvalue weighted by Gasteiger charge is -2.19. The van der Waals surface area contributed by atoms with E-state index < -0.39 is 36.1 Å². The van der Waals surface area contributed by atoms with Crippen LogP contribution in [0.4, 0.5) is 0 Å². The molecule has 4 N–H and O–H groups in total. The van der Waals surface area contributed by atoms with Crippen molar-refractivity contribution in [2.24, 2.45) is 11.8 Å². The van der Waals surface area contributed by atoms with Gasteiger partial charge in [0, 0.05) is 18.3 Å². The van der Waals surface area contributed by atoms with Crippen LogP contribution in [0, 0.1) is 11.8 Å². The number of hydrogen-bond acceptors (Lipinski definition) is 4. The number of aliphatic hydroxyl groups excluding tert-OH is 3. The molecule has 20 heavy (non-hydrogen) atoms. The minimum atomic E-state index is -0.981. The monoisotopic (exact) mass is 286 g/mol. The van der Waals surface area contributed by atoms with Gasteiger partial charge in [0.05, 0.1) is 24.7 Å². The van der Waals surface area contributed by atoms with E-state index in [-0.39, 0.29) is 12.8 Å². The summed E-state index contributed by atoms with van der Waals surface area (Å²) in [6.45, 7) is 2.09. The Morgan fingerprint density at radius 1 is 1.30 bits per heavy atom. The molecule has 0 amide bonds. The Morgan fingerprint density at radius 2 is 2.00 bits per heavy atom.